The number of aliphatic carboxylic acids is 1. The van der Waals surface area contributed by atoms with Gasteiger partial charge in [0.2, 0.25) is 6.10 Å². The molecule has 3 atom stereocenters. The van der Waals surface area contributed by atoms with Crippen molar-refractivity contribution in [3.8, 4) is 0 Å². The van der Waals surface area contributed by atoms with Crippen LogP contribution in [-0.2, 0) is 23.9 Å². The SMILES string of the molecule is CCOC(=O)NC1=CC(=N)C=NC1C(=O)N(C)C(C)C(=O)C(OC1CCNCC1)C(=O)O. The molecule has 0 aliphatic carbocycles. The number of piperidine rings is 1. The first-order valence-electron chi connectivity index (χ1n) is 10.3. The molecule has 2 aliphatic heterocycles. The predicted octanol–water partition coefficient (Wildman–Crippen LogP) is -0.273. The largest absolute Gasteiger partial charge is 0.479 e. The molecule has 4 N–H and O–H groups in total. The van der Waals surface area contributed by atoms with Gasteiger partial charge in [0.1, 0.15) is 0 Å². The van der Waals surface area contributed by atoms with Crippen molar-refractivity contribution in [2.45, 2.75) is 51.0 Å². The molecular weight excluding hydrogens is 422 g/mol. The number of likely N-dealkylation sites (N-methyl/N-ethyl adjacent to an activating group) is 1. The Labute approximate surface area is 185 Å². The number of ether oxygens (including phenoxy) is 2. The summed E-state index contributed by atoms with van der Waals surface area (Å²) in [6.45, 7) is 4.45. The van der Waals surface area contributed by atoms with Gasteiger partial charge in [-0.1, -0.05) is 0 Å². The number of nitrogens with one attached hydrogen (secondary N) is 3. The van der Waals surface area contributed by atoms with E-state index in [0.717, 1.165) is 11.1 Å². The highest BCUT2D eigenvalue weighted by Crippen LogP contribution is 2.17. The molecule has 2 aliphatic rings. The zero-order valence-electron chi connectivity index (χ0n) is 18.3. The number of carboxylic acid groups (broad SMARTS) is 1. The number of carboxylic acids is 1. The smallest absolute Gasteiger partial charge is 0.411 e. The van der Waals surface area contributed by atoms with Gasteiger partial charge in [0, 0.05) is 13.3 Å². The van der Waals surface area contributed by atoms with Gasteiger partial charge in [-0.3, -0.25) is 25.3 Å². The van der Waals surface area contributed by atoms with E-state index in [-0.39, 0.29) is 24.1 Å². The summed E-state index contributed by atoms with van der Waals surface area (Å²) in [4.78, 5) is 54.5. The molecule has 2 heterocycles. The quantitative estimate of drug-likeness (QED) is 0.347. The van der Waals surface area contributed by atoms with Crippen molar-refractivity contribution in [2.75, 3.05) is 26.7 Å². The summed E-state index contributed by atoms with van der Waals surface area (Å²) in [7, 11) is 1.34. The van der Waals surface area contributed by atoms with Gasteiger partial charge in [-0.05, 0) is 45.9 Å². The van der Waals surface area contributed by atoms with Crippen molar-refractivity contribution in [3.05, 3.63) is 11.8 Å². The topological polar surface area (TPSA) is 170 Å². The van der Waals surface area contributed by atoms with Gasteiger partial charge in [0.25, 0.3) is 5.91 Å². The fourth-order valence-electron chi connectivity index (χ4n) is 3.27. The molecule has 0 saturated carbocycles. The Morgan fingerprint density at radius 2 is 2.00 bits per heavy atom. The van der Waals surface area contributed by atoms with Crippen LogP contribution in [0.2, 0.25) is 0 Å². The average Bonchev–Trinajstić information content (AvgIpc) is 2.76. The summed E-state index contributed by atoms with van der Waals surface area (Å²) in [6, 6.07) is -2.35. The Kier molecular flexibility index (Phi) is 9.02. The molecule has 1 fully saturated rings. The number of rotatable bonds is 9. The van der Waals surface area contributed by atoms with E-state index < -0.39 is 41.9 Å². The van der Waals surface area contributed by atoms with E-state index in [9.17, 15) is 24.3 Å². The second-order valence-electron chi connectivity index (χ2n) is 7.41. The molecule has 2 rings (SSSR count). The Bertz CT molecular complexity index is 819. The summed E-state index contributed by atoms with van der Waals surface area (Å²) in [6.07, 6.45) is 0.681. The lowest BCUT2D eigenvalue weighted by Gasteiger charge is -2.31. The normalized spacial score (nSPS) is 20.7. The van der Waals surface area contributed by atoms with Gasteiger partial charge in [-0.15, -0.1) is 0 Å². The third-order valence-corrected chi connectivity index (χ3v) is 5.16. The molecule has 12 heteroatoms. The zero-order chi connectivity index (χ0) is 23.8. The number of carbonyl (C=O) groups excluding carboxylic acids is 3. The Hall–Kier alpha value is -3.12. The molecule has 176 valence electrons. The number of carbonyl (C=O) groups is 4. The van der Waals surface area contributed by atoms with E-state index in [1.54, 1.807) is 6.92 Å². The number of aliphatic imine (C=N–C) groups is 1. The van der Waals surface area contributed by atoms with Gasteiger partial charge < -0.3 is 24.8 Å². The minimum absolute atomic E-state index is 0.0215. The number of ketones is 1. The Morgan fingerprint density at radius 1 is 1.34 bits per heavy atom. The Morgan fingerprint density at radius 3 is 2.59 bits per heavy atom. The van der Waals surface area contributed by atoms with Crippen LogP contribution in [0.3, 0.4) is 0 Å². The average molecular weight is 451 g/mol. The second-order valence-corrected chi connectivity index (χ2v) is 7.41. The van der Waals surface area contributed by atoms with E-state index in [2.05, 4.69) is 15.6 Å². The molecule has 0 aromatic rings. The van der Waals surface area contributed by atoms with Crippen LogP contribution >= 0.6 is 0 Å². The molecule has 12 nitrogen and oxygen atoms in total. The van der Waals surface area contributed by atoms with Gasteiger partial charge in [-0.2, -0.15) is 0 Å². The van der Waals surface area contributed by atoms with Crippen molar-refractivity contribution in [3.63, 3.8) is 0 Å². The Balaban J connectivity index is 2.12. The van der Waals surface area contributed by atoms with E-state index >= 15 is 0 Å². The standard InChI is InChI=1S/C20H29N5O7/c1-4-31-20(30)24-14-9-12(21)10-23-15(14)18(27)25(3)11(2)16(26)17(19(28)29)32-13-5-7-22-8-6-13/h9-11,13,15,17,21-22H,4-8H2,1-3H3,(H,24,30)(H,28,29). The number of hydrogen-bond acceptors (Lipinski definition) is 9. The van der Waals surface area contributed by atoms with Crippen molar-refractivity contribution in [2.24, 2.45) is 4.99 Å². The van der Waals surface area contributed by atoms with Crippen molar-refractivity contribution < 1.29 is 33.8 Å². The number of amides is 2. The summed E-state index contributed by atoms with van der Waals surface area (Å²) >= 11 is 0. The second kappa shape index (κ2) is 11.5. The van der Waals surface area contributed by atoms with E-state index in [0.29, 0.717) is 25.9 Å². The van der Waals surface area contributed by atoms with Crippen LogP contribution in [0.15, 0.2) is 16.8 Å². The van der Waals surface area contributed by atoms with Gasteiger partial charge in [0.05, 0.1) is 30.2 Å². The van der Waals surface area contributed by atoms with Gasteiger partial charge in [0.15, 0.2) is 11.8 Å². The van der Waals surface area contributed by atoms with Crippen LogP contribution in [0, 0.1) is 5.41 Å². The summed E-state index contributed by atoms with van der Waals surface area (Å²) in [5.41, 5.74) is -0.0119. The van der Waals surface area contributed by atoms with E-state index in [1.807, 2.05) is 0 Å². The van der Waals surface area contributed by atoms with Crippen LogP contribution in [0.5, 0.6) is 0 Å². The lowest BCUT2D eigenvalue weighted by Crippen LogP contribution is -2.52. The highest BCUT2D eigenvalue weighted by molar-refractivity contribution is 6.35. The fourth-order valence-corrected chi connectivity index (χ4v) is 3.27. The molecule has 0 aromatic heterocycles. The maximum absolute atomic E-state index is 13.0. The minimum atomic E-state index is -1.71. The van der Waals surface area contributed by atoms with Gasteiger partial charge >= 0.3 is 12.1 Å². The van der Waals surface area contributed by atoms with E-state index in [4.69, 9.17) is 14.9 Å². The first-order chi connectivity index (χ1) is 15.1. The van der Waals surface area contributed by atoms with Crippen LogP contribution in [0.1, 0.15) is 26.7 Å². The lowest BCUT2D eigenvalue weighted by molar-refractivity contribution is -0.164. The number of Topliss-reactive ketones (excluding diaryl/α,β-unsaturated/α-hetero) is 1. The first-order valence-corrected chi connectivity index (χ1v) is 10.3. The van der Waals surface area contributed by atoms with E-state index in [1.165, 1.54) is 20.0 Å². The molecule has 32 heavy (non-hydrogen) atoms. The van der Waals surface area contributed by atoms with Crippen LogP contribution in [-0.4, -0.2) is 96.7 Å². The lowest BCUT2D eigenvalue weighted by atomic mass is 10.0. The molecule has 1 saturated heterocycles. The minimum Gasteiger partial charge on any atom is -0.479 e. The molecule has 3 unspecified atom stereocenters. The maximum Gasteiger partial charge on any atom is 0.411 e. The number of allylic oxidation sites excluding steroid dienone is 1. The maximum atomic E-state index is 13.0. The third-order valence-electron chi connectivity index (χ3n) is 5.16. The highest BCUT2D eigenvalue weighted by atomic mass is 16.5. The summed E-state index contributed by atoms with van der Waals surface area (Å²) in [5, 5.41) is 22.7. The zero-order valence-corrected chi connectivity index (χ0v) is 18.3. The molecule has 0 spiro atoms. The third kappa shape index (κ3) is 6.44. The van der Waals surface area contributed by atoms with Crippen LogP contribution < -0.4 is 10.6 Å². The van der Waals surface area contributed by atoms with Gasteiger partial charge in [-0.25, -0.2) is 9.59 Å². The molecule has 0 bridgehead atoms. The number of nitrogens with zero attached hydrogens (tertiary/aromatic N) is 2. The van der Waals surface area contributed by atoms with Crippen LogP contribution in [0.4, 0.5) is 4.79 Å². The highest BCUT2D eigenvalue weighted by Gasteiger charge is 2.39. The number of alkyl carbamates (subject to hydrolysis) is 1. The summed E-state index contributed by atoms with van der Waals surface area (Å²) in [5.74, 6) is -2.86. The molecule has 0 radical (unpaired) electrons. The van der Waals surface area contributed by atoms with Crippen molar-refractivity contribution in [1.29, 1.82) is 5.41 Å². The van der Waals surface area contributed by atoms with Crippen molar-refractivity contribution >= 4 is 35.7 Å². The molecule has 0 aromatic carbocycles. The molecular formula is C20H29N5O7. The van der Waals surface area contributed by atoms with Crippen LogP contribution in [0.25, 0.3) is 0 Å². The fraction of sp³-hybridized carbons (Fsp3) is 0.600. The van der Waals surface area contributed by atoms with Crippen molar-refractivity contribution in [1.82, 2.24) is 15.5 Å². The number of hydrogen-bond donors (Lipinski definition) is 4. The number of dihydropyridines is 1. The first kappa shape index (κ1) is 25.1. The monoisotopic (exact) mass is 451 g/mol. The molecule has 2 amide bonds. The summed E-state index contributed by atoms with van der Waals surface area (Å²) < 4.78 is 10.4. The predicted molar refractivity (Wildman–Crippen MR) is 114 cm³/mol.